The molecule has 150 valence electrons. The van der Waals surface area contributed by atoms with Crippen LogP contribution in [0.15, 0.2) is 30.6 Å². The number of carbonyl (C=O) groups excluding carboxylic acids is 2. The molecule has 0 aliphatic heterocycles. The summed E-state index contributed by atoms with van der Waals surface area (Å²) in [6.45, 7) is 6.47. The highest BCUT2D eigenvalue weighted by Gasteiger charge is 2.14. The third-order valence-corrected chi connectivity index (χ3v) is 4.62. The molecule has 2 aromatic rings. The van der Waals surface area contributed by atoms with E-state index in [4.69, 9.17) is 0 Å². The molecular weight excluding hydrogens is 354 g/mol. The number of carbonyl (C=O) groups is 2. The van der Waals surface area contributed by atoms with E-state index in [1.807, 2.05) is 6.07 Å². The maximum absolute atomic E-state index is 12.7. The number of amides is 2. The Kier molecular flexibility index (Phi) is 7.92. The Labute approximate surface area is 166 Å². The number of rotatable bonds is 9. The first-order chi connectivity index (χ1) is 13.4. The minimum absolute atomic E-state index is 0.154. The van der Waals surface area contributed by atoms with Gasteiger partial charge in [-0.1, -0.05) is 20.3 Å². The molecule has 3 N–H and O–H groups in total. The topological polar surface area (TPSA) is 96.0 Å². The van der Waals surface area contributed by atoms with Gasteiger partial charge in [0.25, 0.3) is 5.91 Å². The highest BCUT2D eigenvalue weighted by Crippen LogP contribution is 2.24. The molecule has 0 saturated heterocycles. The quantitative estimate of drug-likeness (QED) is 0.574. The predicted octanol–water partition coefficient (Wildman–Crippen LogP) is 3.70. The standard InChI is InChI=1S/C21H29N5O2/c1-5-14(2)7-6-9-24-21(28)18-11-17(13-25-20(18)22-4)16-8-10-23-19(12-16)26-15(3)27/h8,10-14H,5-7,9H2,1-4H3,(H,22,25)(H,24,28)(H,23,26,27). The number of anilines is 2. The first-order valence-corrected chi connectivity index (χ1v) is 9.64. The van der Waals surface area contributed by atoms with Crippen molar-refractivity contribution in [3.8, 4) is 11.1 Å². The number of nitrogens with one attached hydrogen (secondary N) is 3. The van der Waals surface area contributed by atoms with Gasteiger partial charge in [0.05, 0.1) is 5.56 Å². The van der Waals surface area contributed by atoms with Crippen LogP contribution in [0.3, 0.4) is 0 Å². The summed E-state index contributed by atoms with van der Waals surface area (Å²) in [5, 5.41) is 8.61. The zero-order chi connectivity index (χ0) is 20.5. The Morgan fingerprint density at radius 3 is 2.64 bits per heavy atom. The van der Waals surface area contributed by atoms with Gasteiger partial charge in [-0.3, -0.25) is 9.59 Å². The van der Waals surface area contributed by atoms with E-state index in [0.29, 0.717) is 29.7 Å². The lowest BCUT2D eigenvalue weighted by atomic mass is 10.0. The third-order valence-electron chi connectivity index (χ3n) is 4.62. The summed E-state index contributed by atoms with van der Waals surface area (Å²) in [6, 6.07) is 5.37. The molecule has 0 radical (unpaired) electrons. The number of hydrogen-bond donors (Lipinski definition) is 3. The van der Waals surface area contributed by atoms with Crippen molar-refractivity contribution in [2.75, 3.05) is 24.2 Å². The van der Waals surface area contributed by atoms with E-state index in [9.17, 15) is 9.59 Å². The van der Waals surface area contributed by atoms with Gasteiger partial charge in [-0.25, -0.2) is 9.97 Å². The molecule has 0 aliphatic rings. The molecule has 0 aliphatic carbocycles. The fourth-order valence-electron chi connectivity index (χ4n) is 2.81. The molecule has 7 nitrogen and oxygen atoms in total. The Hall–Kier alpha value is -2.96. The van der Waals surface area contributed by atoms with E-state index in [0.717, 1.165) is 30.4 Å². The second-order valence-electron chi connectivity index (χ2n) is 6.89. The molecule has 2 heterocycles. The average molecular weight is 383 g/mol. The largest absolute Gasteiger partial charge is 0.372 e. The number of pyridine rings is 2. The highest BCUT2D eigenvalue weighted by molar-refractivity contribution is 6.00. The fourth-order valence-corrected chi connectivity index (χ4v) is 2.81. The van der Waals surface area contributed by atoms with Gasteiger partial charge in [-0.2, -0.15) is 0 Å². The lowest BCUT2D eigenvalue weighted by Gasteiger charge is -2.12. The van der Waals surface area contributed by atoms with Crippen LogP contribution in [0.1, 0.15) is 50.4 Å². The van der Waals surface area contributed by atoms with E-state index in [2.05, 4.69) is 39.8 Å². The molecule has 1 unspecified atom stereocenters. The molecule has 2 amide bonds. The first-order valence-electron chi connectivity index (χ1n) is 9.64. The van der Waals surface area contributed by atoms with Crippen LogP contribution in [0.2, 0.25) is 0 Å². The van der Waals surface area contributed by atoms with E-state index < -0.39 is 0 Å². The van der Waals surface area contributed by atoms with Crippen LogP contribution >= 0.6 is 0 Å². The number of hydrogen-bond acceptors (Lipinski definition) is 5. The van der Waals surface area contributed by atoms with Gasteiger partial charge in [0, 0.05) is 38.5 Å². The molecule has 0 fully saturated rings. The molecule has 0 spiro atoms. The van der Waals surface area contributed by atoms with Crippen molar-refractivity contribution in [1.82, 2.24) is 15.3 Å². The smallest absolute Gasteiger partial charge is 0.255 e. The van der Waals surface area contributed by atoms with Crippen molar-refractivity contribution in [3.05, 3.63) is 36.2 Å². The van der Waals surface area contributed by atoms with Crippen molar-refractivity contribution in [2.45, 2.75) is 40.0 Å². The summed E-state index contributed by atoms with van der Waals surface area (Å²) in [4.78, 5) is 32.4. The van der Waals surface area contributed by atoms with Crippen LogP contribution in [-0.2, 0) is 4.79 Å². The van der Waals surface area contributed by atoms with E-state index >= 15 is 0 Å². The van der Waals surface area contributed by atoms with Crippen LogP contribution in [0, 0.1) is 5.92 Å². The van der Waals surface area contributed by atoms with Crippen molar-refractivity contribution in [2.24, 2.45) is 5.92 Å². The fraction of sp³-hybridized carbons (Fsp3) is 0.429. The molecule has 1 atom stereocenters. The summed E-state index contributed by atoms with van der Waals surface area (Å²) in [6.07, 6.45) is 6.50. The molecule has 2 rings (SSSR count). The monoisotopic (exact) mass is 383 g/mol. The highest BCUT2D eigenvalue weighted by atomic mass is 16.2. The van der Waals surface area contributed by atoms with Crippen LogP contribution < -0.4 is 16.0 Å². The summed E-state index contributed by atoms with van der Waals surface area (Å²) in [5.41, 5.74) is 2.08. The average Bonchev–Trinajstić information content (AvgIpc) is 2.70. The normalized spacial score (nSPS) is 11.6. The van der Waals surface area contributed by atoms with Gasteiger partial charge in [-0.15, -0.1) is 0 Å². The van der Waals surface area contributed by atoms with Crippen molar-refractivity contribution in [3.63, 3.8) is 0 Å². The molecule has 28 heavy (non-hydrogen) atoms. The van der Waals surface area contributed by atoms with Gasteiger partial charge in [-0.05, 0) is 42.5 Å². The van der Waals surface area contributed by atoms with Crippen molar-refractivity contribution < 1.29 is 9.59 Å². The Morgan fingerprint density at radius 1 is 1.18 bits per heavy atom. The molecule has 2 aromatic heterocycles. The Balaban J connectivity index is 2.17. The van der Waals surface area contributed by atoms with E-state index in [1.165, 1.54) is 6.92 Å². The first kappa shape index (κ1) is 21.3. The maximum Gasteiger partial charge on any atom is 0.255 e. The van der Waals surface area contributed by atoms with E-state index in [-0.39, 0.29) is 11.8 Å². The second-order valence-corrected chi connectivity index (χ2v) is 6.89. The number of nitrogens with zero attached hydrogens (tertiary/aromatic N) is 2. The summed E-state index contributed by atoms with van der Waals surface area (Å²) < 4.78 is 0. The predicted molar refractivity (Wildman–Crippen MR) is 112 cm³/mol. The van der Waals surface area contributed by atoms with Crippen molar-refractivity contribution in [1.29, 1.82) is 0 Å². The van der Waals surface area contributed by atoms with Gasteiger partial charge in [0.2, 0.25) is 5.91 Å². The van der Waals surface area contributed by atoms with Gasteiger partial charge in [0.15, 0.2) is 0 Å². The minimum atomic E-state index is -0.189. The summed E-state index contributed by atoms with van der Waals surface area (Å²) in [7, 11) is 1.74. The van der Waals surface area contributed by atoms with Crippen LogP contribution in [0.25, 0.3) is 11.1 Å². The molecule has 0 bridgehead atoms. The maximum atomic E-state index is 12.7. The van der Waals surface area contributed by atoms with E-state index in [1.54, 1.807) is 31.6 Å². The molecule has 0 aromatic carbocycles. The SMILES string of the molecule is CCC(C)CCCNC(=O)c1cc(-c2ccnc(NC(C)=O)c2)cnc1NC. The van der Waals surface area contributed by atoms with Crippen LogP contribution in [-0.4, -0.2) is 35.4 Å². The summed E-state index contributed by atoms with van der Waals surface area (Å²) in [5.74, 6) is 1.31. The Bertz CT molecular complexity index is 822. The molecule has 7 heteroatoms. The van der Waals surface area contributed by atoms with Crippen LogP contribution in [0.4, 0.5) is 11.6 Å². The van der Waals surface area contributed by atoms with Gasteiger partial charge < -0.3 is 16.0 Å². The summed E-state index contributed by atoms with van der Waals surface area (Å²) >= 11 is 0. The van der Waals surface area contributed by atoms with Gasteiger partial charge >= 0.3 is 0 Å². The zero-order valence-electron chi connectivity index (χ0n) is 17.0. The number of aromatic nitrogens is 2. The minimum Gasteiger partial charge on any atom is -0.372 e. The van der Waals surface area contributed by atoms with Gasteiger partial charge in [0.1, 0.15) is 11.6 Å². The molecular formula is C21H29N5O2. The third kappa shape index (κ3) is 6.04. The van der Waals surface area contributed by atoms with Crippen molar-refractivity contribution >= 4 is 23.5 Å². The Morgan fingerprint density at radius 2 is 1.96 bits per heavy atom. The molecule has 0 saturated carbocycles. The lowest BCUT2D eigenvalue weighted by molar-refractivity contribution is -0.114. The zero-order valence-corrected chi connectivity index (χ0v) is 17.0. The van der Waals surface area contributed by atoms with Crippen LogP contribution in [0.5, 0.6) is 0 Å². The lowest BCUT2D eigenvalue weighted by Crippen LogP contribution is -2.26. The second kappa shape index (κ2) is 10.4.